The fourth-order valence-corrected chi connectivity index (χ4v) is 3.32. The molecule has 0 radical (unpaired) electrons. The van der Waals surface area contributed by atoms with E-state index in [0.717, 1.165) is 14.8 Å². The number of fused-ring (bicyclic) bond motifs is 2. The molecule has 1 aromatic heterocycles. The Balaban J connectivity index is 1.97. The number of carbonyl (C=O) groups excluding carboxylic acids is 1. The third kappa shape index (κ3) is 2.80. The molecule has 0 N–H and O–H groups in total. The molecular formula is C17H14O4S. The van der Waals surface area contributed by atoms with Crippen LogP contribution >= 0.6 is 11.3 Å². The van der Waals surface area contributed by atoms with Gasteiger partial charge in [0.1, 0.15) is 5.75 Å². The normalized spacial score (nSPS) is 10.8. The molecule has 0 atom stereocenters. The standard InChI is InChI=1S/C17H14O4S/c1-2-20-16(18)10-21-11-7-8-13-15(9-11)22-14-6-4-3-5-12(14)17(13)19/h3-9H,2,10H2,1H3. The van der Waals surface area contributed by atoms with Gasteiger partial charge in [-0.2, -0.15) is 0 Å². The third-order valence-electron chi connectivity index (χ3n) is 3.21. The minimum Gasteiger partial charge on any atom is -0.482 e. The van der Waals surface area contributed by atoms with Crippen LogP contribution in [0, 0.1) is 0 Å². The number of benzene rings is 2. The second-order valence-corrected chi connectivity index (χ2v) is 5.76. The molecule has 0 saturated carbocycles. The molecule has 22 heavy (non-hydrogen) atoms. The van der Waals surface area contributed by atoms with Gasteiger partial charge in [0.25, 0.3) is 0 Å². The summed E-state index contributed by atoms with van der Waals surface area (Å²) >= 11 is 1.53. The molecular weight excluding hydrogens is 300 g/mol. The van der Waals surface area contributed by atoms with Crippen molar-refractivity contribution in [3.8, 4) is 5.75 Å². The molecule has 0 aliphatic carbocycles. The number of carbonyl (C=O) groups is 1. The van der Waals surface area contributed by atoms with E-state index < -0.39 is 5.97 Å². The molecule has 0 saturated heterocycles. The van der Waals surface area contributed by atoms with Gasteiger partial charge in [0.2, 0.25) is 0 Å². The Labute approximate surface area is 130 Å². The first-order chi connectivity index (χ1) is 10.7. The van der Waals surface area contributed by atoms with Gasteiger partial charge in [-0.25, -0.2) is 4.79 Å². The molecule has 0 spiro atoms. The maximum absolute atomic E-state index is 12.4. The van der Waals surface area contributed by atoms with Gasteiger partial charge in [0, 0.05) is 20.2 Å². The largest absolute Gasteiger partial charge is 0.482 e. The van der Waals surface area contributed by atoms with Gasteiger partial charge in [-0.3, -0.25) is 4.79 Å². The highest BCUT2D eigenvalue weighted by molar-refractivity contribution is 7.24. The lowest BCUT2D eigenvalue weighted by Crippen LogP contribution is -2.14. The maximum Gasteiger partial charge on any atom is 0.344 e. The van der Waals surface area contributed by atoms with Gasteiger partial charge < -0.3 is 9.47 Å². The summed E-state index contributed by atoms with van der Waals surface area (Å²) in [5.41, 5.74) is 0.0151. The van der Waals surface area contributed by atoms with Gasteiger partial charge in [-0.1, -0.05) is 12.1 Å². The Morgan fingerprint density at radius 3 is 2.68 bits per heavy atom. The fraction of sp³-hybridized carbons (Fsp3) is 0.176. The fourth-order valence-electron chi connectivity index (χ4n) is 2.22. The number of rotatable bonds is 4. The molecule has 4 nitrogen and oxygen atoms in total. The first-order valence-electron chi connectivity index (χ1n) is 6.93. The van der Waals surface area contributed by atoms with E-state index in [1.807, 2.05) is 24.3 Å². The van der Waals surface area contributed by atoms with Crippen LogP contribution in [-0.2, 0) is 9.53 Å². The lowest BCUT2D eigenvalue weighted by Gasteiger charge is -2.07. The number of esters is 1. The predicted molar refractivity (Wildman–Crippen MR) is 87.7 cm³/mol. The molecule has 3 aromatic rings. The summed E-state index contributed by atoms with van der Waals surface area (Å²) in [6, 6.07) is 12.7. The summed E-state index contributed by atoms with van der Waals surface area (Å²) in [6.45, 7) is 1.94. The van der Waals surface area contributed by atoms with Crippen LogP contribution in [0.25, 0.3) is 20.2 Å². The van der Waals surface area contributed by atoms with Crippen LogP contribution in [0.2, 0.25) is 0 Å². The third-order valence-corrected chi connectivity index (χ3v) is 4.34. The predicted octanol–water partition coefficient (Wildman–Crippen LogP) is 3.36. The highest BCUT2D eigenvalue weighted by Gasteiger charge is 2.08. The maximum atomic E-state index is 12.4. The molecule has 112 valence electrons. The van der Waals surface area contributed by atoms with Crippen LogP contribution in [-0.4, -0.2) is 19.2 Å². The zero-order chi connectivity index (χ0) is 15.5. The topological polar surface area (TPSA) is 52.6 Å². The van der Waals surface area contributed by atoms with Crippen molar-refractivity contribution >= 4 is 37.5 Å². The quantitative estimate of drug-likeness (QED) is 0.547. The average molecular weight is 314 g/mol. The Morgan fingerprint density at radius 1 is 1.09 bits per heavy atom. The van der Waals surface area contributed by atoms with Gasteiger partial charge in [-0.15, -0.1) is 11.3 Å². The van der Waals surface area contributed by atoms with E-state index in [0.29, 0.717) is 17.7 Å². The van der Waals surface area contributed by atoms with E-state index in [1.165, 1.54) is 11.3 Å². The summed E-state index contributed by atoms with van der Waals surface area (Å²) in [7, 11) is 0. The number of hydrogen-bond acceptors (Lipinski definition) is 5. The van der Waals surface area contributed by atoms with E-state index in [9.17, 15) is 9.59 Å². The van der Waals surface area contributed by atoms with E-state index in [2.05, 4.69) is 0 Å². The number of ether oxygens (including phenoxy) is 2. The van der Waals surface area contributed by atoms with Crippen molar-refractivity contribution in [1.82, 2.24) is 0 Å². The zero-order valence-corrected chi connectivity index (χ0v) is 12.8. The lowest BCUT2D eigenvalue weighted by atomic mass is 10.2. The average Bonchev–Trinajstić information content (AvgIpc) is 2.53. The monoisotopic (exact) mass is 314 g/mol. The van der Waals surface area contributed by atoms with Gasteiger partial charge in [0.15, 0.2) is 12.0 Å². The summed E-state index contributed by atoms with van der Waals surface area (Å²) < 4.78 is 12.0. The summed E-state index contributed by atoms with van der Waals surface area (Å²) in [4.78, 5) is 23.8. The van der Waals surface area contributed by atoms with Crippen molar-refractivity contribution in [3.05, 3.63) is 52.7 Å². The van der Waals surface area contributed by atoms with Crippen LogP contribution in [0.15, 0.2) is 47.3 Å². The lowest BCUT2D eigenvalue weighted by molar-refractivity contribution is -0.145. The first-order valence-corrected chi connectivity index (χ1v) is 7.74. The van der Waals surface area contributed by atoms with Crippen LogP contribution in [0.4, 0.5) is 0 Å². The Hall–Kier alpha value is -2.40. The molecule has 0 aliphatic rings. The zero-order valence-electron chi connectivity index (χ0n) is 12.0. The highest BCUT2D eigenvalue weighted by atomic mass is 32.1. The van der Waals surface area contributed by atoms with Crippen molar-refractivity contribution in [2.45, 2.75) is 6.92 Å². The van der Waals surface area contributed by atoms with Crippen LogP contribution in [0.1, 0.15) is 6.92 Å². The minimum absolute atomic E-state index is 0.0151. The highest BCUT2D eigenvalue weighted by Crippen LogP contribution is 2.27. The second-order valence-electron chi connectivity index (χ2n) is 4.68. The van der Waals surface area contributed by atoms with Gasteiger partial charge in [-0.05, 0) is 37.3 Å². The summed E-state index contributed by atoms with van der Waals surface area (Å²) in [5, 5.41) is 1.38. The molecule has 0 unspecified atom stereocenters. The van der Waals surface area contributed by atoms with Crippen molar-refractivity contribution in [3.63, 3.8) is 0 Å². The molecule has 0 fully saturated rings. The van der Waals surface area contributed by atoms with Gasteiger partial charge in [0.05, 0.1) is 6.61 Å². The van der Waals surface area contributed by atoms with Crippen molar-refractivity contribution in [2.24, 2.45) is 0 Å². The van der Waals surface area contributed by atoms with E-state index in [-0.39, 0.29) is 12.0 Å². The Morgan fingerprint density at radius 2 is 1.86 bits per heavy atom. The van der Waals surface area contributed by atoms with Crippen molar-refractivity contribution in [2.75, 3.05) is 13.2 Å². The Kier molecular flexibility index (Phi) is 4.06. The van der Waals surface area contributed by atoms with Crippen molar-refractivity contribution in [1.29, 1.82) is 0 Å². The minimum atomic E-state index is -0.408. The SMILES string of the molecule is CCOC(=O)COc1ccc2c(=O)c3ccccc3sc2c1. The van der Waals surface area contributed by atoms with Gasteiger partial charge >= 0.3 is 5.97 Å². The van der Waals surface area contributed by atoms with Crippen LogP contribution in [0.3, 0.4) is 0 Å². The van der Waals surface area contributed by atoms with E-state index >= 15 is 0 Å². The molecule has 0 amide bonds. The van der Waals surface area contributed by atoms with Crippen molar-refractivity contribution < 1.29 is 14.3 Å². The first kappa shape index (κ1) is 14.5. The molecule has 0 bridgehead atoms. The van der Waals surface area contributed by atoms with E-state index in [4.69, 9.17) is 9.47 Å². The summed E-state index contributed by atoms with van der Waals surface area (Å²) in [5.74, 6) is 0.140. The molecule has 5 heteroatoms. The van der Waals surface area contributed by atoms with Crippen LogP contribution in [0.5, 0.6) is 5.75 Å². The van der Waals surface area contributed by atoms with Crippen LogP contribution < -0.4 is 10.2 Å². The molecule has 0 aliphatic heterocycles. The Bertz CT molecular complexity index is 898. The molecule has 3 rings (SSSR count). The molecule has 2 aromatic carbocycles. The second kappa shape index (κ2) is 6.15. The smallest absolute Gasteiger partial charge is 0.344 e. The van der Waals surface area contributed by atoms with E-state index in [1.54, 1.807) is 25.1 Å². The molecule has 1 heterocycles. The summed E-state index contributed by atoms with van der Waals surface area (Å²) in [6.07, 6.45) is 0. The number of hydrogen-bond donors (Lipinski definition) is 0.